The summed E-state index contributed by atoms with van der Waals surface area (Å²) < 4.78 is 5.31. The van der Waals surface area contributed by atoms with E-state index >= 15 is 0 Å². The van der Waals surface area contributed by atoms with Crippen molar-refractivity contribution in [3.05, 3.63) is 29.8 Å². The van der Waals surface area contributed by atoms with Gasteiger partial charge in [0.05, 0.1) is 13.2 Å². The molecule has 0 radical (unpaired) electrons. The number of rotatable bonds is 8. The summed E-state index contributed by atoms with van der Waals surface area (Å²) in [6, 6.07) is 8.28. The highest BCUT2D eigenvalue weighted by molar-refractivity contribution is 5.82. The van der Waals surface area contributed by atoms with Gasteiger partial charge in [-0.2, -0.15) is 0 Å². The first-order chi connectivity index (χ1) is 12.3. The second-order valence-corrected chi connectivity index (χ2v) is 8.40. The zero-order valence-electron chi connectivity index (χ0n) is 17.2. The molecule has 1 aromatic rings. The minimum absolute atomic E-state index is 0.0811. The quantitative estimate of drug-likeness (QED) is 0.731. The normalized spacial score (nSPS) is 18.2. The minimum atomic E-state index is -0.196. The Balaban J connectivity index is 2.06. The van der Waals surface area contributed by atoms with Gasteiger partial charge in [0, 0.05) is 17.5 Å². The molecular weight excluding hydrogens is 324 g/mol. The molecular formula is C22H36N2O2. The molecule has 0 spiro atoms. The molecule has 0 aliphatic heterocycles. The van der Waals surface area contributed by atoms with E-state index in [9.17, 15) is 4.79 Å². The van der Waals surface area contributed by atoms with Crippen LogP contribution in [0.2, 0.25) is 0 Å². The Morgan fingerprint density at radius 2 is 1.81 bits per heavy atom. The maximum absolute atomic E-state index is 12.5. The molecule has 4 heteroatoms. The van der Waals surface area contributed by atoms with E-state index in [1.54, 1.807) is 7.11 Å². The first kappa shape index (κ1) is 20.8. The lowest BCUT2D eigenvalue weighted by molar-refractivity contribution is -0.124. The molecule has 26 heavy (non-hydrogen) atoms. The number of hydrogen-bond donors (Lipinski definition) is 2. The Morgan fingerprint density at radius 3 is 2.35 bits per heavy atom. The van der Waals surface area contributed by atoms with Crippen molar-refractivity contribution in [2.75, 3.05) is 13.7 Å². The molecule has 1 atom stereocenters. The van der Waals surface area contributed by atoms with Crippen molar-refractivity contribution in [3.63, 3.8) is 0 Å². The molecule has 146 valence electrons. The van der Waals surface area contributed by atoms with Crippen LogP contribution in [0.5, 0.6) is 5.75 Å². The maximum Gasteiger partial charge on any atom is 0.237 e. The van der Waals surface area contributed by atoms with E-state index < -0.39 is 0 Å². The Labute approximate surface area is 159 Å². The minimum Gasteiger partial charge on any atom is -0.497 e. The van der Waals surface area contributed by atoms with Crippen molar-refractivity contribution < 1.29 is 9.53 Å². The van der Waals surface area contributed by atoms with Crippen LogP contribution < -0.4 is 15.4 Å². The Morgan fingerprint density at radius 1 is 1.19 bits per heavy atom. The summed E-state index contributed by atoms with van der Waals surface area (Å²) >= 11 is 0. The smallest absolute Gasteiger partial charge is 0.237 e. The third kappa shape index (κ3) is 5.23. The zero-order valence-corrected chi connectivity index (χ0v) is 17.2. The predicted molar refractivity (Wildman–Crippen MR) is 108 cm³/mol. The molecule has 1 amide bonds. The predicted octanol–water partition coefficient (Wildman–Crippen LogP) is 4.18. The van der Waals surface area contributed by atoms with Gasteiger partial charge in [-0.1, -0.05) is 38.3 Å². The molecule has 1 fully saturated rings. The summed E-state index contributed by atoms with van der Waals surface area (Å²) in [5.41, 5.74) is 1.30. The number of ether oxygens (including phenoxy) is 1. The Hall–Kier alpha value is -1.55. The maximum atomic E-state index is 12.5. The third-order valence-corrected chi connectivity index (χ3v) is 6.00. The second kappa shape index (κ2) is 8.90. The lowest BCUT2D eigenvalue weighted by atomic mass is 9.69. The average Bonchev–Trinajstić information content (AvgIpc) is 2.66. The van der Waals surface area contributed by atoms with Gasteiger partial charge in [-0.25, -0.2) is 0 Å². The molecule has 2 N–H and O–H groups in total. The molecule has 1 aliphatic carbocycles. The van der Waals surface area contributed by atoms with Crippen LogP contribution in [0.25, 0.3) is 0 Å². The van der Waals surface area contributed by atoms with Crippen LogP contribution in [0, 0.1) is 0 Å². The molecule has 0 aromatic heterocycles. The summed E-state index contributed by atoms with van der Waals surface area (Å²) in [5, 5.41) is 6.67. The van der Waals surface area contributed by atoms with E-state index in [4.69, 9.17) is 4.74 Å². The highest BCUT2D eigenvalue weighted by Gasteiger charge is 2.34. The Bertz CT molecular complexity index is 574. The SMILES string of the molecule is CCC(C)(C)NC(=O)C(C)NCC1(c2ccc(OC)cc2)CCCCC1. The zero-order chi connectivity index (χ0) is 19.2. The highest BCUT2D eigenvalue weighted by Crippen LogP contribution is 2.39. The number of nitrogens with one attached hydrogen (secondary N) is 2. The first-order valence-corrected chi connectivity index (χ1v) is 10.0. The fourth-order valence-corrected chi connectivity index (χ4v) is 3.71. The lowest BCUT2D eigenvalue weighted by Gasteiger charge is -2.39. The van der Waals surface area contributed by atoms with Gasteiger partial charge < -0.3 is 15.4 Å². The van der Waals surface area contributed by atoms with Crippen molar-refractivity contribution in [3.8, 4) is 5.75 Å². The van der Waals surface area contributed by atoms with Crippen LogP contribution in [0.1, 0.15) is 71.8 Å². The van der Waals surface area contributed by atoms with Gasteiger partial charge in [-0.3, -0.25) is 4.79 Å². The monoisotopic (exact) mass is 360 g/mol. The third-order valence-electron chi connectivity index (χ3n) is 6.00. The topological polar surface area (TPSA) is 50.4 Å². The van der Waals surface area contributed by atoms with Crippen LogP contribution in [-0.4, -0.2) is 31.1 Å². The van der Waals surface area contributed by atoms with Gasteiger partial charge in [-0.15, -0.1) is 0 Å². The van der Waals surface area contributed by atoms with Crippen LogP contribution >= 0.6 is 0 Å². The molecule has 0 bridgehead atoms. The molecule has 4 nitrogen and oxygen atoms in total. The summed E-state index contributed by atoms with van der Waals surface area (Å²) in [6.45, 7) is 9.03. The van der Waals surface area contributed by atoms with Crippen molar-refractivity contribution in [2.45, 2.75) is 83.2 Å². The van der Waals surface area contributed by atoms with E-state index in [1.165, 1.54) is 37.7 Å². The summed E-state index contributed by atoms with van der Waals surface area (Å²) in [5.74, 6) is 0.972. The van der Waals surface area contributed by atoms with Crippen LogP contribution in [0.3, 0.4) is 0 Å². The van der Waals surface area contributed by atoms with Gasteiger partial charge in [0.2, 0.25) is 5.91 Å². The lowest BCUT2D eigenvalue weighted by Crippen LogP contribution is -2.53. The first-order valence-electron chi connectivity index (χ1n) is 10.0. The molecule has 0 saturated heterocycles. The number of carbonyl (C=O) groups excluding carboxylic acids is 1. The van der Waals surface area contributed by atoms with Crippen molar-refractivity contribution in [1.29, 1.82) is 0 Å². The highest BCUT2D eigenvalue weighted by atomic mass is 16.5. The number of hydrogen-bond acceptors (Lipinski definition) is 3. The molecule has 1 aromatic carbocycles. The van der Waals surface area contributed by atoms with E-state index in [0.29, 0.717) is 0 Å². The van der Waals surface area contributed by atoms with Crippen molar-refractivity contribution in [2.24, 2.45) is 0 Å². The Kier molecular flexibility index (Phi) is 7.10. The number of methoxy groups -OCH3 is 1. The number of benzene rings is 1. The number of carbonyl (C=O) groups is 1. The van der Waals surface area contributed by atoms with Gasteiger partial charge in [-0.05, 0) is 57.7 Å². The summed E-state index contributed by atoms with van der Waals surface area (Å²) in [6.07, 6.45) is 7.05. The molecule has 1 unspecified atom stereocenters. The second-order valence-electron chi connectivity index (χ2n) is 8.40. The standard InChI is InChI=1S/C22H36N2O2/c1-6-21(3,4)24-20(25)17(2)23-16-22(14-8-7-9-15-22)18-10-12-19(26-5)13-11-18/h10-13,17,23H,6-9,14-16H2,1-5H3,(H,24,25). The van der Waals surface area contributed by atoms with Crippen molar-refractivity contribution in [1.82, 2.24) is 10.6 Å². The fourth-order valence-electron chi connectivity index (χ4n) is 3.71. The molecule has 1 aliphatic rings. The van der Waals surface area contributed by atoms with Crippen LogP contribution in [0.4, 0.5) is 0 Å². The van der Waals surface area contributed by atoms with E-state index in [1.807, 2.05) is 19.1 Å². The summed E-state index contributed by atoms with van der Waals surface area (Å²) in [7, 11) is 1.70. The fraction of sp³-hybridized carbons (Fsp3) is 0.682. The van der Waals surface area contributed by atoms with Gasteiger partial charge in [0.25, 0.3) is 0 Å². The van der Waals surface area contributed by atoms with Crippen molar-refractivity contribution >= 4 is 5.91 Å². The van der Waals surface area contributed by atoms with E-state index in [-0.39, 0.29) is 22.9 Å². The number of amides is 1. The van der Waals surface area contributed by atoms with Gasteiger partial charge in [0.15, 0.2) is 0 Å². The molecule has 2 rings (SSSR count). The largest absolute Gasteiger partial charge is 0.497 e. The average molecular weight is 361 g/mol. The van der Waals surface area contributed by atoms with Crippen LogP contribution in [-0.2, 0) is 10.2 Å². The van der Waals surface area contributed by atoms with E-state index in [0.717, 1.165) is 18.7 Å². The van der Waals surface area contributed by atoms with Gasteiger partial charge in [0.1, 0.15) is 5.75 Å². The van der Waals surface area contributed by atoms with E-state index in [2.05, 4.69) is 43.5 Å². The molecule has 0 heterocycles. The summed E-state index contributed by atoms with van der Waals surface area (Å²) in [4.78, 5) is 12.5. The molecule has 1 saturated carbocycles. The van der Waals surface area contributed by atoms with Crippen LogP contribution in [0.15, 0.2) is 24.3 Å². The van der Waals surface area contributed by atoms with Gasteiger partial charge >= 0.3 is 0 Å².